The van der Waals surface area contributed by atoms with Gasteiger partial charge in [0.2, 0.25) is 0 Å². The summed E-state index contributed by atoms with van der Waals surface area (Å²) in [5.74, 6) is 0. The Morgan fingerprint density at radius 2 is 1.68 bits per heavy atom. The Hall–Kier alpha value is -1.00. The minimum atomic E-state index is 0.615. The van der Waals surface area contributed by atoms with Crippen LogP contribution in [0.3, 0.4) is 0 Å². The van der Waals surface area contributed by atoms with Crippen LogP contribution in [0, 0.1) is 0 Å². The molecule has 0 radical (unpaired) electrons. The van der Waals surface area contributed by atoms with Crippen molar-refractivity contribution in [1.82, 2.24) is 0 Å². The third kappa shape index (κ3) is 31.3. The van der Waals surface area contributed by atoms with Gasteiger partial charge in [-0.15, -0.1) is 0 Å². The molecule has 0 saturated carbocycles. The van der Waals surface area contributed by atoms with Crippen molar-refractivity contribution in [2.75, 3.05) is 33.0 Å². The maximum atomic E-state index is 5.20. The van der Waals surface area contributed by atoms with Crippen molar-refractivity contribution in [3.63, 3.8) is 0 Å². The molecule has 0 N–H and O–H groups in total. The summed E-state index contributed by atoms with van der Waals surface area (Å²) in [6, 6.07) is 0. The number of hydrogen-bond donors (Lipinski definition) is 0. The topological polar surface area (TPSA) is 40.2 Å². The predicted molar refractivity (Wildman–Crippen MR) is 107 cm³/mol. The zero-order chi connectivity index (χ0) is 19.0. The molecule has 0 spiro atoms. The summed E-state index contributed by atoms with van der Waals surface area (Å²) in [6.07, 6.45) is 14.3. The highest BCUT2D eigenvalue weighted by atomic mass is 16.6. The molecule has 1 atom stereocenters. The van der Waals surface area contributed by atoms with Gasteiger partial charge in [0.05, 0.1) is 38.4 Å². The lowest BCUT2D eigenvalue weighted by Crippen LogP contribution is -2.01. The van der Waals surface area contributed by atoms with Gasteiger partial charge in [-0.05, 0) is 25.7 Å². The Balaban J connectivity index is 0. The maximum absolute atomic E-state index is 5.20. The average molecular weight is 359 g/mol. The standard InChI is InChI=1S/C9H18O.C7H14O2.C5H10O/c1-3-5-7-9-10-8-6-4-2;1-3-5-9-7-6-8-4-2;1-2-3-5-4-6-5/h6,8H,3-5,7,9H2,1-2H3;4H,2-3,5-7H2,1H3;5H,2-4H2,1H3/b8-6+;;. The van der Waals surface area contributed by atoms with Crippen LogP contribution < -0.4 is 0 Å². The molecule has 1 heterocycles. The number of epoxide rings is 1. The third-order valence-electron chi connectivity index (χ3n) is 3.12. The van der Waals surface area contributed by atoms with Crippen molar-refractivity contribution in [3.8, 4) is 0 Å². The lowest BCUT2D eigenvalue weighted by molar-refractivity contribution is 0.0856. The van der Waals surface area contributed by atoms with E-state index in [0.717, 1.165) is 32.7 Å². The van der Waals surface area contributed by atoms with Crippen LogP contribution in [0.15, 0.2) is 25.2 Å². The molecule has 0 bridgehead atoms. The van der Waals surface area contributed by atoms with Crippen molar-refractivity contribution in [2.45, 2.75) is 78.7 Å². The van der Waals surface area contributed by atoms with Crippen LogP contribution in [0.1, 0.15) is 72.6 Å². The van der Waals surface area contributed by atoms with Crippen LogP contribution in [-0.4, -0.2) is 39.1 Å². The van der Waals surface area contributed by atoms with Crippen LogP contribution in [0.25, 0.3) is 0 Å². The Morgan fingerprint density at radius 1 is 0.920 bits per heavy atom. The van der Waals surface area contributed by atoms with Crippen molar-refractivity contribution < 1.29 is 18.9 Å². The van der Waals surface area contributed by atoms with Crippen molar-refractivity contribution >= 4 is 0 Å². The molecule has 150 valence electrons. The zero-order valence-corrected chi connectivity index (χ0v) is 17.1. The first-order valence-corrected chi connectivity index (χ1v) is 9.95. The summed E-state index contributed by atoms with van der Waals surface area (Å²) in [7, 11) is 0. The van der Waals surface area contributed by atoms with E-state index < -0.39 is 0 Å². The van der Waals surface area contributed by atoms with Gasteiger partial charge in [-0.2, -0.15) is 0 Å². The quantitative estimate of drug-likeness (QED) is 0.221. The second-order valence-corrected chi connectivity index (χ2v) is 5.75. The summed E-state index contributed by atoms with van der Waals surface area (Å²) in [5, 5.41) is 0. The first-order valence-electron chi connectivity index (χ1n) is 9.95. The minimum absolute atomic E-state index is 0.615. The van der Waals surface area contributed by atoms with Crippen molar-refractivity contribution in [1.29, 1.82) is 0 Å². The summed E-state index contributed by atoms with van der Waals surface area (Å²) >= 11 is 0. The molecule has 1 fully saturated rings. The molecule has 0 amide bonds. The summed E-state index contributed by atoms with van der Waals surface area (Å²) in [4.78, 5) is 0. The van der Waals surface area contributed by atoms with E-state index in [1.54, 1.807) is 6.26 Å². The second kappa shape index (κ2) is 25.2. The molecule has 0 aliphatic carbocycles. The summed E-state index contributed by atoms with van der Waals surface area (Å²) in [5.41, 5.74) is 0. The number of ether oxygens (including phenoxy) is 4. The fourth-order valence-electron chi connectivity index (χ4n) is 1.66. The van der Waals surface area contributed by atoms with Gasteiger partial charge in [-0.1, -0.05) is 59.6 Å². The molecule has 1 aliphatic rings. The maximum Gasteiger partial charge on any atom is 0.111 e. The average Bonchev–Trinajstić information content (AvgIpc) is 3.44. The van der Waals surface area contributed by atoms with Gasteiger partial charge in [0.15, 0.2) is 0 Å². The predicted octanol–water partition coefficient (Wildman–Crippen LogP) is 5.88. The van der Waals surface area contributed by atoms with Gasteiger partial charge >= 0.3 is 0 Å². The molecule has 0 aromatic heterocycles. The molecule has 1 saturated heterocycles. The van der Waals surface area contributed by atoms with Gasteiger partial charge in [-0.25, -0.2) is 0 Å². The molecule has 4 heteroatoms. The third-order valence-corrected chi connectivity index (χ3v) is 3.12. The molecule has 25 heavy (non-hydrogen) atoms. The Morgan fingerprint density at radius 3 is 2.16 bits per heavy atom. The molecule has 0 aromatic carbocycles. The Labute approximate surface area is 156 Å². The van der Waals surface area contributed by atoms with E-state index in [1.165, 1.54) is 38.4 Å². The normalized spacial score (nSPS) is 14.8. The highest BCUT2D eigenvalue weighted by molar-refractivity contribution is 4.70. The van der Waals surface area contributed by atoms with Gasteiger partial charge < -0.3 is 18.9 Å². The Bertz CT molecular complexity index is 263. The molecule has 1 rings (SSSR count). The number of rotatable bonds is 14. The number of allylic oxidation sites excluding steroid dienone is 1. The molecular weight excluding hydrogens is 316 g/mol. The van der Waals surface area contributed by atoms with E-state index in [4.69, 9.17) is 18.9 Å². The Kier molecular flexibility index (Phi) is 26.5. The summed E-state index contributed by atoms with van der Waals surface area (Å²) < 4.78 is 20.1. The van der Waals surface area contributed by atoms with E-state index in [9.17, 15) is 0 Å². The van der Waals surface area contributed by atoms with E-state index in [0.29, 0.717) is 19.3 Å². The number of hydrogen-bond acceptors (Lipinski definition) is 4. The van der Waals surface area contributed by atoms with Crippen molar-refractivity contribution in [2.24, 2.45) is 0 Å². The van der Waals surface area contributed by atoms with Crippen LogP contribution in [0.4, 0.5) is 0 Å². The smallest absolute Gasteiger partial charge is 0.111 e. The van der Waals surface area contributed by atoms with E-state index >= 15 is 0 Å². The summed E-state index contributed by atoms with van der Waals surface area (Å²) in [6.45, 7) is 16.0. The fraction of sp³-hybridized carbons (Fsp3) is 0.810. The monoisotopic (exact) mass is 358 g/mol. The van der Waals surface area contributed by atoms with E-state index in [2.05, 4.69) is 34.3 Å². The van der Waals surface area contributed by atoms with Gasteiger partial charge in [0, 0.05) is 6.61 Å². The van der Waals surface area contributed by atoms with E-state index in [-0.39, 0.29) is 0 Å². The molecule has 1 unspecified atom stereocenters. The first-order chi connectivity index (χ1) is 12.3. The molecule has 1 aliphatic heterocycles. The van der Waals surface area contributed by atoms with Crippen LogP contribution in [0.2, 0.25) is 0 Å². The van der Waals surface area contributed by atoms with Gasteiger partial charge in [0.1, 0.15) is 6.61 Å². The molecular formula is C21H42O4. The van der Waals surface area contributed by atoms with Gasteiger partial charge in [-0.3, -0.25) is 0 Å². The van der Waals surface area contributed by atoms with E-state index in [1.807, 2.05) is 6.08 Å². The minimum Gasteiger partial charge on any atom is -0.502 e. The molecule has 0 aromatic rings. The zero-order valence-electron chi connectivity index (χ0n) is 17.1. The van der Waals surface area contributed by atoms with Crippen LogP contribution in [0.5, 0.6) is 0 Å². The first kappa shape index (κ1) is 26.2. The largest absolute Gasteiger partial charge is 0.502 e. The molecule has 4 nitrogen and oxygen atoms in total. The lowest BCUT2D eigenvalue weighted by Gasteiger charge is -2.00. The van der Waals surface area contributed by atoms with Crippen LogP contribution in [-0.2, 0) is 18.9 Å². The van der Waals surface area contributed by atoms with Crippen LogP contribution >= 0.6 is 0 Å². The SMILES string of the molecule is C=COCCOCCC.CC/C=C/OCCCCC.CCCC1CO1. The van der Waals surface area contributed by atoms with Crippen molar-refractivity contribution in [3.05, 3.63) is 25.2 Å². The number of unbranched alkanes of at least 4 members (excludes halogenated alkanes) is 2. The highest BCUT2D eigenvalue weighted by Gasteiger charge is 2.19. The second-order valence-electron chi connectivity index (χ2n) is 5.75. The lowest BCUT2D eigenvalue weighted by atomic mass is 10.3. The highest BCUT2D eigenvalue weighted by Crippen LogP contribution is 2.14. The fourth-order valence-corrected chi connectivity index (χ4v) is 1.66. The van der Waals surface area contributed by atoms with Gasteiger partial charge in [0.25, 0.3) is 0 Å².